The lowest BCUT2D eigenvalue weighted by Gasteiger charge is -2.33. The zero-order valence-electron chi connectivity index (χ0n) is 22.1. The number of hydrogen-bond donors (Lipinski definition) is 3. The number of aromatic nitrogens is 4. The van der Waals surface area contributed by atoms with Crippen LogP contribution in [0.5, 0.6) is 0 Å². The Balaban J connectivity index is 1.93. The predicted octanol–water partition coefficient (Wildman–Crippen LogP) is 3.94. The number of nitrogens with two attached hydrogens (primary N) is 2. The van der Waals surface area contributed by atoms with Crippen LogP contribution in [0.25, 0.3) is 10.9 Å². The van der Waals surface area contributed by atoms with Gasteiger partial charge in [0.25, 0.3) is 0 Å². The zero-order chi connectivity index (χ0) is 28.5. The van der Waals surface area contributed by atoms with Crippen molar-refractivity contribution in [2.24, 2.45) is 18.5 Å². The number of nitrogens with one attached hydrogen (secondary N) is 1. The van der Waals surface area contributed by atoms with Gasteiger partial charge in [-0.15, -0.1) is 0 Å². The summed E-state index contributed by atoms with van der Waals surface area (Å²) in [5, 5.41) is 13.9. The molecule has 0 amide bonds. The van der Waals surface area contributed by atoms with Crippen molar-refractivity contribution in [3.8, 4) is 6.07 Å². The number of alkyl halides is 3. The first-order valence-electron chi connectivity index (χ1n) is 12.3. The van der Waals surface area contributed by atoms with E-state index in [0.717, 1.165) is 11.9 Å². The molecule has 0 saturated heterocycles. The van der Waals surface area contributed by atoms with Crippen molar-refractivity contribution in [3.05, 3.63) is 99.8 Å². The van der Waals surface area contributed by atoms with Gasteiger partial charge in [0.2, 0.25) is 0 Å². The molecule has 0 fully saturated rings. The van der Waals surface area contributed by atoms with Gasteiger partial charge in [-0.2, -0.15) is 18.4 Å². The minimum Gasteiger partial charge on any atom is -0.403 e. The smallest absolute Gasteiger partial charge is 0.403 e. The Kier molecular flexibility index (Phi) is 7.35. The largest absolute Gasteiger partial charge is 0.433 e. The second-order valence-electron chi connectivity index (χ2n) is 9.22. The monoisotopic (exact) mass is 534 g/mol. The van der Waals surface area contributed by atoms with Crippen molar-refractivity contribution in [3.63, 3.8) is 0 Å². The van der Waals surface area contributed by atoms with E-state index in [-0.39, 0.29) is 6.42 Å². The summed E-state index contributed by atoms with van der Waals surface area (Å²) in [6.07, 6.45) is 0.475. The lowest BCUT2D eigenvalue weighted by Crippen LogP contribution is -2.46. The minimum absolute atomic E-state index is 0.198. The van der Waals surface area contributed by atoms with Crippen LogP contribution in [0.2, 0.25) is 0 Å². The number of hydrogen-bond acceptors (Lipinski definition) is 7. The molecular formula is C28H29F3N8. The Morgan fingerprint density at radius 3 is 2.44 bits per heavy atom. The molecule has 0 aliphatic carbocycles. The maximum atomic E-state index is 13.0. The summed E-state index contributed by atoms with van der Waals surface area (Å²) >= 11 is 0. The third-order valence-electron chi connectivity index (χ3n) is 7.05. The average Bonchev–Trinajstić information content (AvgIpc) is 3.26. The van der Waals surface area contributed by atoms with Crippen LogP contribution < -0.4 is 16.8 Å². The topological polar surface area (TPSA) is 131 Å². The fraction of sp³-hybridized carbons (Fsp3) is 0.286. The van der Waals surface area contributed by atoms with Crippen molar-refractivity contribution in [1.29, 1.82) is 5.26 Å². The number of benzene rings is 1. The van der Waals surface area contributed by atoms with Gasteiger partial charge in [0.1, 0.15) is 23.1 Å². The second-order valence-corrected chi connectivity index (χ2v) is 9.22. The summed E-state index contributed by atoms with van der Waals surface area (Å²) < 4.78 is 40.9. The molecular weight excluding hydrogens is 505 g/mol. The first-order chi connectivity index (χ1) is 18.5. The summed E-state index contributed by atoms with van der Waals surface area (Å²) in [7, 11) is 3.58. The highest BCUT2D eigenvalue weighted by atomic mass is 19.4. The van der Waals surface area contributed by atoms with Crippen molar-refractivity contribution < 1.29 is 13.2 Å². The summed E-state index contributed by atoms with van der Waals surface area (Å²) in [6.45, 7) is 3.78. The van der Waals surface area contributed by atoms with E-state index in [9.17, 15) is 18.4 Å². The number of nitriles is 1. The number of nitrogens with zero attached hydrogens (tertiary/aromatic N) is 5. The molecule has 0 bridgehead atoms. The summed E-state index contributed by atoms with van der Waals surface area (Å²) in [5.41, 5.74) is 15.6. The highest BCUT2D eigenvalue weighted by Crippen LogP contribution is 2.36. The minimum atomic E-state index is -4.53. The first-order valence-corrected chi connectivity index (χ1v) is 12.3. The van der Waals surface area contributed by atoms with E-state index in [1.165, 1.54) is 18.5 Å². The molecule has 4 aromatic rings. The van der Waals surface area contributed by atoms with Crippen LogP contribution in [-0.2, 0) is 31.6 Å². The summed E-state index contributed by atoms with van der Waals surface area (Å²) in [5.74, 6) is 0.757. The summed E-state index contributed by atoms with van der Waals surface area (Å²) in [6, 6.07) is 10.1. The number of fused-ring (bicyclic) bond motifs is 1. The Labute approximate surface area is 224 Å². The molecule has 4 rings (SSSR count). The number of aryl methyl sites for hydroxylation is 2. The van der Waals surface area contributed by atoms with Gasteiger partial charge in [-0.05, 0) is 48.2 Å². The van der Waals surface area contributed by atoms with Gasteiger partial charge in [-0.1, -0.05) is 19.1 Å². The Morgan fingerprint density at radius 2 is 1.92 bits per heavy atom. The Bertz CT molecular complexity index is 1600. The van der Waals surface area contributed by atoms with Gasteiger partial charge in [0.05, 0.1) is 28.7 Å². The molecule has 1 atom stereocenters. The molecule has 202 valence electrons. The van der Waals surface area contributed by atoms with E-state index in [1.807, 2.05) is 43.7 Å². The average molecular weight is 535 g/mol. The van der Waals surface area contributed by atoms with E-state index in [0.29, 0.717) is 56.7 Å². The molecule has 3 aromatic heterocycles. The Hall–Kier alpha value is -4.43. The van der Waals surface area contributed by atoms with E-state index in [4.69, 9.17) is 16.5 Å². The van der Waals surface area contributed by atoms with Crippen LogP contribution in [-0.4, -0.2) is 26.6 Å². The van der Waals surface area contributed by atoms with Gasteiger partial charge < -0.3 is 21.4 Å². The Morgan fingerprint density at radius 1 is 1.18 bits per heavy atom. The van der Waals surface area contributed by atoms with E-state index >= 15 is 0 Å². The molecule has 3 heterocycles. The molecule has 0 spiro atoms. The lowest BCUT2D eigenvalue weighted by molar-refractivity contribution is -0.141. The number of rotatable bonds is 7. The number of likely N-dealkylation sites (N-methyl/N-ethyl adjacent to an activating group) is 1. The van der Waals surface area contributed by atoms with Gasteiger partial charge >= 0.3 is 6.18 Å². The molecule has 39 heavy (non-hydrogen) atoms. The molecule has 8 nitrogen and oxygen atoms in total. The fourth-order valence-corrected chi connectivity index (χ4v) is 4.83. The van der Waals surface area contributed by atoms with Crippen molar-refractivity contribution in [2.45, 2.75) is 38.4 Å². The van der Waals surface area contributed by atoms with Crippen LogP contribution in [0.1, 0.15) is 52.1 Å². The van der Waals surface area contributed by atoms with Gasteiger partial charge in [0.15, 0.2) is 0 Å². The first kappa shape index (κ1) is 27.6. The lowest BCUT2D eigenvalue weighted by atomic mass is 9.83. The van der Waals surface area contributed by atoms with E-state index in [1.54, 1.807) is 13.2 Å². The quantitative estimate of drug-likeness (QED) is 0.327. The van der Waals surface area contributed by atoms with Crippen LogP contribution in [0.3, 0.4) is 0 Å². The van der Waals surface area contributed by atoms with Crippen molar-refractivity contribution >= 4 is 10.9 Å². The van der Waals surface area contributed by atoms with Crippen molar-refractivity contribution in [1.82, 2.24) is 24.8 Å². The molecule has 1 unspecified atom stereocenters. The maximum absolute atomic E-state index is 13.0. The number of imidazole rings is 1. The molecule has 5 N–H and O–H groups in total. The molecule has 11 heteroatoms. The third kappa shape index (κ3) is 4.79. The van der Waals surface area contributed by atoms with E-state index < -0.39 is 17.4 Å². The molecule has 0 aliphatic rings. The van der Waals surface area contributed by atoms with E-state index in [2.05, 4.69) is 21.4 Å². The second kappa shape index (κ2) is 10.4. The molecule has 1 aromatic carbocycles. The predicted molar refractivity (Wildman–Crippen MR) is 142 cm³/mol. The fourth-order valence-electron chi connectivity index (χ4n) is 4.83. The van der Waals surface area contributed by atoms with Crippen LogP contribution in [0, 0.1) is 18.3 Å². The van der Waals surface area contributed by atoms with Crippen LogP contribution in [0.4, 0.5) is 13.2 Å². The van der Waals surface area contributed by atoms with Gasteiger partial charge in [0, 0.05) is 44.0 Å². The summed E-state index contributed by atoms with van der Waals surface area (Å²) in [4.78, 5) is 12.8. The highest BCUT2D eigenvalue weighted by Gasteiger charge is 2.37. The third-order valence-corrected chi connectivity index (χ3v) is 7.05. The van der Waals surface area contributed by atoms with Crippen LogP contribution >= 0.6 is 0 Å². The highest BCUT2D eigenvalue weighted by molar-refractivity contribution is 5.87. The zero-order valence-corrected chi connectivity index (χ0v) is 22.1. The maximum Gasteiger partial charge on any atom is 0.433 e. The standard InChI is InChI=1S/C28H29F3N8/c1-5-22-19(10-17-6-9-24(37-14-17)28(29,30)31)21(12-32)20-11-18(7-8-23(20)38-22)27(34,25(13-33)35-3)26-15-36-16(2)39(26)4/h6-9,11,13-15,35H,5,10,33-34H2,1-4H3/b25-13-. The van der Waals surface area contributed by atoms with Gasteiger partial charge in [-0.25, -0.2) is 4.98 Å². The number of pyridine rings is 2. The normalized spacial score (nSPS) is 13.8. The SMILES string of the molecule is CCc1nc2ccc(C(N)(/C(=C/N)NC)c3cnc(C)n3C)cc2c(C#N)c1Cc1ccc(C(F)(F)F)nc1. The van der Waals surface area contributed by atoms with Gasteiger partial charge in [-0.3, -0.25) is 9.97 Å². The molecule has 0 aliphatic heterocycles. The molecule has 0 saturated carbocycles. The molecule has 0 radical (unpaired) electrons. The number of halogens is 3. The van der Waals surface area contributed by atoms with Crippen LogP contribution in [0.15, 0.2) is 54.6 Å². The van der Waals surface area contributed by atoms with Crippen molar-refractivity contribution in [2.75, 3.05) is 7.05 Å².